The van der Waals surface area contributed by atoms with Crippen molar-refractivity contribution in [3.63, 3.8) is 0 Å². The van der Waals surface area contributed by atoms with E-state index in [1.54, 1.807) is 0 Å². The Labute approximate surface area is 48.0 Å². The smallest absolute Gasteiger partial charge is 0.206 e. The molecule has 0 bridgehead atoms. The van der Waals surface area contributed by atoms with Crippen LogP contribution in [0.3, 0.4) is 0 Å². The van der Waals surface area contributed by atoms with Crippen LogP contribution in [0.4, 0.5) is 22.0 Å². The van der Waals surface area contributed by atoms with Crippen LogP contribution in [0.25, 0.3) is 0 Å². The van der Waals surface area contributed by atoms with Gasteiger partial charge in [0.05, 0.1) is 0 Å². The summed E-state index contributed by atoms with van der Waals surface area (Å²) in [6, 6.07) is 0. The van der Waals surface area contributed by atoms with Crippen LogP contribution in [0, 0.1) is 0 Å². The van der Waals surface area contributed by atoms with E-state index >= 15 is 0 Å². The Morgan fingerprint density at radius 2 is 1.67 bits per heavy atom. The van der Waals surface area contributed by atoms with E-state index in [1.807, 2.05) is 0 Å². The van der Waals surface area contributed by atoms with Crippen molar-refractivity contribution < 1.29 is 22.0 Å². The Kier molecular flexibility index (Phi) is 2.17. The zero-order chi connectivity index (χ0) is 7.65. The van der Waals surface area contributed by atoms with Gasteiger partial charge in [0, 0.05) is 0 Å². The van der Waals surface area contributed by atoms with Crippen molar-refractivity contribution in [2.75, 3.05) is 0 Å². The minimum Gasteiger partial charge on any atom is -0.206 e. The first-order valence-corrected chi connectivity index (χ1v) is 1.90. The largest absolute Gasteiger partial charge is 0.357 e. The minimum atomic E-state index is -4.69. The molecule has 0 rings (SSSR count). The molecule has 0 aliphatic heterocycles. The predicted molar refractivity (Wildman–Crippen MR) is 21.2 cm³/mol. The van der Waals surface area contributed by atoms with Gasteiger partial charge in [0.2, 0.25) is 0 Å². The fourth-order valence-electron chi connectivity index (χ4n) is 0.118. The van der Waals surface area contributed by atoms with Crippen LogP contribution in [-0.2, 0) is 0 Å². The molecule has 0 saturated carbocycles. The lowest BCUT2D eigenvalue weighted by Crippen LogP contribution is -2.26. The summed E-state index contributed by atoms with van der Waals surface area (Å²) in [5.41, 5.74) is 0. The molecule has 0 saturated heterocycles. The number of rotatable bonds is 2. The van der Waals surface area contributed by atoms with Crippen molar-refractivity contribution in [1.82, 2.24) is 0 Å². The third kappa shape index (κ3) is 1.65. The van der Waals surface area contributed by atoms with Gasteiger partial charge >= 0.3 is 12.3 Å². The highest BCUT2D eigenvalue weighted by molar-refractivity contribution is 4.98. The molecule has 0 nitrogen and oxygen atoms in total. The standard InChI is InChI=1S/C4H3F5/c1-2(5)4(8,9)3(6)7/h3H,1H2. The summed E-state index contributed by atoms with van der Waals surface area (Å²) < 4.78 is 56.2. The Balaban J connectivity index is 4.19. The van der Waals surface area contributed by atoms with Crippen LogP contribution >= 0.6 is 0 Å². The van der Waals surface area contributed by atoms with Gasteiger partial charge in [-0.3, -0.25) is 0 Å². The molecule has 0 amide bonds. The molecule has 0 aliphatic carbocycles. The molecule has 0 radical (unpaired) electrons. The normalized spacial score (nSPS) is 12.2. The van der Waals surface area contributed by atoms with Crippen molar-refractivity contribution >= 4 is 0 Å². The summed E-state index contributed by atoms with van der Waals surface area (Å²) in [7, 11) is 0. The van der Waals surface area contributed by atoms with Gasteiger partial charge in [0.15, 0.2) is 5.83 Å². The highest BCUT2D eigenvalue weighted by Gasteiger charge is 2.44. The van der Waals surface area contributed by atoms with Gasteiger partial charge in [-0.05, 0) is 0 Å². The second-order valence-electron chi connectivity index (χ2n) is 1.33. The maximum atomic E-state index is 11.4. The van der Waals surface area contributed by atoms with Crippen LogP contribution in [0.2, 0.25) is 0 Å². The van der Waals surface area contributed by atoms with Crippen molar-refractivity contribution in [3.05, 3.63) is 12.4 Å². The molecule has 0 aromatic rings. The fraction of sp³-hybridized carbons (Fsp3) is 0.500. The van der Waals surface area contributed by atoms with Crippen LogP contribution in [0.5, 0.6) is 0 Å². The number of allylic oxidation sites excluding steroid dienone is 1. The molecule has 5 heteroatoms. The van der Waals surface area contributed by atoms with Crippen molar-refractivity contribution in [2.45, 2.75) is 12.3 Å². The van der Waals surface area contributed by atoms with E-state index in [9.17, 15) is 22.0 Å². The second kappa shape index (κ2) is 2.33. The van der Waals surface area contributed by atoms with Gasteiger partial charge in [0.25, 0.3) is 0 Å². The summed E-state index contributed by atoms with van der Waals surface area (Å²) in [5, 5.41) is 0. The van der Waals surface area contributed by atoms with Gasteiger partial charge in [-0.25, -0.2) is 13.2 Å². The quantitative estimate of drug-likeness (QED) is 0.524. The molecular formula is C4H3F5. The van der Waals surface area contributed by atoms with E-state index in [0.717, 1.165) is 0 Å². The minimum absolute atomic E-state index is 2.05. The lowest BCUT2D eigenvalue weighted by Gasteiger charge is -2.10. The maximum Gasteiger partial charge on any atom is 0.357 e. The van der Waals surface area contributed by atoms with E-state index in [4.69, 9.17) is 0 Å². The van der Waals surface area contributed by atoms with Gasteiger partial charge in [-0.1, -0.05) is 6.58 Å². The maximum absolute atomic E-state index is 11.4. The topological polar surface area (TPSA) is 0 Å². The van der Waals surface area contributed by atoms with E-state index in [2.05, 4.69) is 6.58 Å². The second-order valence-corrected chi connectivity index (χ2v) is 1.33. The molecule has 0 aliphatic rings. The van der Waals surface area contributed by atoms with Crippen LogP contribution in [0.1, 0.15) is 0 Å². The Morgan fingerprint density at radius 1 is 1.33 bits per heavy atom. The molecule has 0 aromatic carbocycles. The molecule has 54 valence electrons. The van der Waals surface area contributed by atoms with Gasteiger partial charge < -0.3 is 0 Å². The van der Waals surface area contributed by atoms with E-state index < -0.39 is 18.2 Å². The molecule has 0 N–H and O–H groups in total. The average Bonchev–Trinajstić information content (AvgIpc) is 1.65. The summed E-state index contributed by atoms with van der Waals surface area (Å²) in [6.45, 7) is 2.05. The van der Waals surface area contributed by atoms with E-state index in [0.29, 0.717) is 0 Å². The number of hydrogen-bond acceptors (Lipinski definition) is 0. The number of hydrogen-bond donors (Lipinski definition) is 0. The van der Waals surface area contributed by atoms with Gasteiger partial charge in [0.1, 0.15) is 0 Å². The van der Waals surface area contributed by atoms with Gasteiger partial charge in [-0.2, -0.15) is 8.78 Å². The molecule has 0 heterocycles. The van der Waals surface area contributed by atoms with Crippen molar-refractivity contribution in [1.29, 1.82) is 0 Å². The van der Waals surface area contributed by atoms with Crippen molar-refractivity contribution in [2.24, 2.45) is 0 Å². The Morgan fingerprint density at radius 3 is 1.67 bits per heavy atom. The Bertz CT molecular complexity index is 116. The van der Waals surface area contributed by atoms with E-state index in [-0.39, 0.29) is 0 Å². The lowest BCUT2D eigenvalue weighted by molar-refractivity contribution is -0.112. The van der Waals surface area contributed by atoms with Crippen molar-refractivity contribution in [3.8, 4) is 0 Å². The first-order valence-electron chi connectivity index (χ1n) is 1.90. The summed E-state index contributed by atoms with van der Waals surface area (Å²) >= 11 is 0. The van der Waals surface area contributed by atoms with Crippen LogP contribution in [0.15, 0.2) is 12.4 Å². The van der Waals surface area contributed by atoms with Gasteiger partial charge in [-0.15, -0.1) is 0 Å². The monoisotopic (exact) mass is 146 g/mol. The first kappa shape index (κ1) is 8.39. The first-order chi connectivity index (χ1) is 3.89. The lowest BCUT2D eigenvalue weighted by atomic mass is 10.3. The third-order valence-electron chi connectivity index (χ3n) is 0.636. The number of alkyl halides is 4. The van der Waals surface area contributed by atoms with Crippen LogP contribution in [-0.4, -0.2) is 12.3 Å². The molecule has 0 spiro atoms. The highest BCUT2D eigenvalue weighted by atomic mass is 19.3. The fourth-order valence-corrected chi connectivity index (χ4v) is 0.118. The highest BCUT2D eigenvalue weighted by Crippen LogP contribution is 2.30. The molecule has 0 aromatic heterocycles. The molecule has 9 heavy (non-hydrogen) atoms. The summed E-state index contributed by atoms with van der Waals surface area (Å²) in [5.74, 6) is -7.00. The zero-order valence-corrected chi connectivity index (χ0v) is 4.17. The Hall–Kier alpha value is -0.610. The predicted octanol–water partition coefficient (Wildman–Crippen LogP) is 2.37. The summed E-state index contributed by atoms with van der Waals surface area (Å²) in [6.07, 6.45) is -4.02. The molecule has 0 unspecified atom stereocenters. The third-order valence-corrected chi connectivity index (χ3v) is 0.636. The molecular weight excluding hydrogens is 143 g/mol. The molecule has 0 atom stereocenters. The summed E-state index contributed by atoms with van der Waals surface area (Å²) in [4.78, 5) is 0. The van der Waals surface area contributed by atoms with E-state index in [1.165, 1.54) is 0 Å². The molecule has 0 fully saturated rings. The zero-order valence-electron chi connectivity index (χ0n) is 4.17. The SMILES string of the molecule is C=C(F)C(F)(F)C(F)F. The number of halogens is 5. The van der Waals surface area contributed by atoms with Crippen LogP contribution < -0.4 is 0 Å². The average molecular weight is 146 g/mol.